The first-order valence-corrected chi connectivity index (χ1v) is 14.6. The molecule has 1 atom stereocenters. The molecule has 0 unspecified atom stereocenters. The molecule has 0 radical (unpaired) electrons. The third-order valence-corrected chi connectivity index (χ3v) is 8.67. The van der Waals surface area contributed by atoms with E-state index in [2.05, 4.69) is 54.5 Å². The summed E-state index contributed by atoms with van der Waals surface area (Å²) in [6, 6.07) is 18.2. The maximum Gasteiger partial charge on any atom is 0.253 e. The van der Waals surface area contributed by atoms with Crippen LogP contribution in [-0.4, -0.2) is 72.4 Å². The van der Waals surface area contributed by atoms with Gasteiger partial charge in [0.1, 0.15) is 5.75 Å². The zero-order chi connectivity index (χ0) is 26.5. The smallest absolute Gasteiger partial charge is 0.253 e. The maximum atomic E-state index is 13.4. The Hall–Kier alpha value is -3.16. The number of hydrogen-bond donors (Lipinski definition) is 0. The van der Waals surface area contributed by atoms with Crippen molar-refractivity contribution in [3.05, 3.63) is 87.1 Å². The number of unbranched alkanes of at least 4 members (excludes halogenated alkanes) is 1. The van der Waals surface area contributed by atoms with E-state index in [4.69, 9.17) is 4.74 Å². The van der Waals surface area contributed by atoms with Crippen LogP contribution in [0, 0.1) is 6.92 Å². The van der Waals surface area contributed by atoms with E-state index in [0.717, 1.165) is 31.6 Å². The molecule has 5 rings (SSSR count). The summed E-state index contributed by atoms with van der Waals surface area (Å²) in [6.45, 7) is 8.47. The van der Waals surface area contributed by atoms with Crippen LogP contribution in [0.15, 0.2) is 60.0 Å². The van der Waals surface area contributed by atoms with E-state index in [1.165, 1.54) is 21.6 Å². The molecule has 2 amide bonds. The minimum atomic E-state index is 0.0119. The summed E-state index contributed by atoms with van der Waals surface area (Å²) < 4.78 is 5.71. The van der Waals surface area contributed by atoms with Gasteiger partial charge < -0.3 is 14.5 Å². The second kappa shape index (κ2) is 12.1. The van der Waals surface area contributed by atoms with Gasteiger partial charge in [-0.25, -0.2) is 0 Å². The molecule has 0 aliphatic carbocycles. The van der Waals surface area contributed by atoms with E-state index >= 15 is 0 Å². The number of carbonyl (C=O) groups is 2. The molecular weight excluding hydrogens is 494 g/mol. The maximum absolute atomic E-state index is 13.4. The lowest BCUT2D eigenvalue weighted by atomic mass is 9.90. The Morgan fingerprint density at radius 2 is 1.66 bits per heavy atom. The molecule has 3 heterocycles. The highest BCUT2D eigenvalue weighted by Crippen LogP contribution is 2.38. The molecule has 0 saturated carbocycles. The Labute approximate surface area is 229 Å². The van der Waals surface area contributed by atoms with Gasteiger partial charge in [-0.15, -0.1) is 11.3 Å². The normalized spacial score (nSPS) is 17.8. The molecule has 1 fully saturated rings. The van der Waals surface area contributed by atoms with Crippen LogP contribution in [0.5, 0.6) is 5.75 Å². The number of aryl methyl sites for hydroxylation is 1. The zero-order valence-electron chi connectivity index (χ0n) is 22.4. The molecule has 38 heavy (non-hydrogen) atoms. The van der Waals surface area contributed by atoms with Gasteiger partial charge in [0, 0.05) is 43.2 Å². The summed E-state index contributed by atoms with van der Waals surface area (Å²) in [5.41, 5.74) is 4.52. The molecule has 1 aromatic heterocycles. The minimum absolute atomic E-state index is 0.0119. The number of carbonyl (C=O) groups excluding carboxylic acids is 2. The Balaban J connectivity index is 1.19. The van der Waals surface area contributed by atoms with Gasteiger partial charge in [0.05, 0.1) is 19.2 Å². The summed E-state index contributed by atoms with van der Waals surface area (Å²) in [4.78, 5) is 34.0. The highest BCUT2D eigenvalue weighted by molar-refractivity contribution is 7.10. The monoisotopic (exact) mass is 531 g/mol. The van der Waals surface area contributed by atoms with E-state index in [-0.39, 0.29) is 17.9 Å². The quantitative estimate of drug-likeness (QED) is 0.377. The predicted molar refractivity (Wildman–Crippen MR) is 152 cm³/mol. The van der Waals surface area contributed by atoms with Crippen molar-refractivity contribution in [3.8, 4) is 5.75 Å². The summed E-state index contributed by atoms with van der Waals surface area (Å²) in [5.74, 6) is 0.947. The number of fused-ring (bicyclic) bond motifs is 1. The average molecular weight is 532 g/mol. The molecule has 200 valence electrons. The Kier molecular flexibility index (Phi) is 8.45. The topological polar surface area (TPSA) is 53.1 Å². The Bertz CT molecular complexity index is 1250. The molecule has 6 nitrogen and oxygen atoms in total. The highest BCUT2D eigenvalue weighted by Gasteiger charge is 2.33. The van der Waals surface area contributed by atoms with Crippen molar-refractivity contribution in [3.63, 3.8) is 0 Å². The molecule has 7 heteroatoms. The number of ether oxygens (including phenoxy) is 1. The predicted octanol–water partition coefficient (Wildman–Crippen LogP) is 5.17. The standard InChI is InChI=1S/C31H37N3O3S/c1-3-4-20-37-25-11-9-24(10-12-25)31(36)33-18-16-32(17-19-33)29(35)22-34-15-13-28-27(14-21-38-28)30(34)26-8-6-5-7-23(26)2/h5-12,14,21,30H,3-4,13,15-20,22H2,1-2H3/t30-/m1/s1. The molecule has 3 aromatic rings. The first kappa shape index (κ1) is 26.4. The van der Waals surface area contributed by atoms with Crippen LogP contribution < -0.4 is 4.74 Å². The van der Waals surface area contributed by atoms with Gasteiger partial charge in [0.2, 0.25) is 5.91 Å². The molecule has 2 aliphatic rings. The van der Waals surface area contributed by atoms with Crippen molar-refractivity contribution < 1.29 is 14.3 Å². The third-order valence-electron chi connectivity index (χ3n) is 7.67. The molecule has 0 spiro atoms. The highest BCUT2D eigenvalue weighted by atomic mass is 32.1. The minimum Gasteiger partial charge on any atom is -0.494 e. The summed E-state index contributed by atoms with van der Waals surface area (Å²) in [7, 11) is 0. The van der Waals surface area contributed by atoms with Crippen LogP contribution in [0.2, 0.25) is 0 Å². The summed E-state index contributed by atoms with van der Waals surface area (Å²) in [6.07, 6.45) is 3.09. The first-order valence-electron chi connectivity index (χ1n) is 13.7. The van der Waals surface area contributed by atoms with Crippen LogP contribution in [-0.2, 0) is 11.2 Å². The van der Waals surface area contributed by atoms with Crippen molar-refractivity contribution >= 4 is 23.2 Å². The number of amides is 2. The number of benzene rings is 2. The summed E-state index contributed by atoms with van der Waals surface area (Å²) in [5, 5.41) is 2.17. The fourth-order valence-corrected chi connectivity index (χ4v) is 6.34. The lowest BCUT2D eigenvalue weighted by molar-refractivity contribution is -0.134. The fraction of sp³-hybridized carbons (Fsp3) is 0.419. The molecule has 2 aliphatic heterocycles. The number of piperazine rings is 1. The second-order valence-corrected chi connectivity index (χ2v) is 11.2. The van der Waals surface area contributed by atoms with E-state index in [9.17, 15) is 9.59 Å². The largest absolute Gasteiger partial charge is 0.494 e. The van der Waals surface area contributed by atoms with Gasteiger partial charge in [-0.05, 0) is 72.2 Å². The van der Waals surface area contributed by atoms with E-state index in [1.807, 2.05) is 45.4 Å². The van der Waals surface area contributed by atoms with Gasteiger partial charge >= 0.3 is 0 Å². The van der Waals surface area contributed by atoms with Crippen LogP contribution in [0.25, 0.3) is 0 Å². The lowest BCUT2D eigenvalue weighted by Crippen LogP contribution is -2.53. The molecule has 0 N–H and O–H groups in total. The Morgan fingerprint density at radius 3 is 2.39 bits per heavy atom. The Morgan fingerprint density at radius 1 is 0.921 bits per heavy atom. The van der Waals surface area contributed by atoms with E-state index < -0.39 is 0 Å². The van der Waals surface area contributed by atoms with Gasteiger partial charge in [-0.2, -0.15) is 0 Å². The molecule has 0 bridgehead atoms. The van der Waals surface area contributed by atoms with Gasteiger partial charge in [0.25, 0.3) is 5.91 Å². The summed E-state index contributed by atoms with van der Waals surface area (Å²) >= 11 is 1.82. The SMILES string of the molecule is CCCCOc1ccc(C(=O)N2CCN(C(=O)CN3CCc4sccc4[C@H]3c3ccccc3C)CC2)cc1. The number of hydrogen-bond acceptors (Lipinski definition) is 5. The van der Waals surface area contributed by atoms with Crippen molar-refractivity contribution in [2.45, 2.75) is 39.2 Å². The lowest BCUT2D eigenvalue weighted by Gasteiger charge is -2.39. The molecule has 1 saturated heterocycles. The van der Waals surface area contributed by atoms with Gasteiger partial charge in [-0.1, -0.05) is 37.6 Å². The number of thiophene rings is 1. The van der Waals surface area contributed by atoms with Gasteiger partial charge in [0.15, 0.2) is 0 Å². The van der Waals surface area contributed by atoms with E-state index in [1.54, 1.807) is 0 Å². The van der Waals surface area contributed by atoms with Crippen LogP contribution in [0.4, 0.5) is 0 Å². The van der Waals surface area contributed by atoms with Crippen molar-refractivity contribution in [2.75, 3.05) is 45.9 Å². The molecular formula is C31H37N3O3S. The first-order chi connectivity index (χ1) is 18.5. The zero-order valence-corrected chi connectivity index (χ0v) is 23.2. The van der Waals surface area contributed by atoms with Crippen molar-refractivity contribution in [1.29, 1.82) is 0 Å². The molecule has 2 aromatic carbocycles. The average Bonchev–Trinajstić information content (AvgIpc) is 3.43. The van der Waals surface area contributed by atoms with Gasteiger partial charge in [-0.3, -0.25) is 14.5 Å². The number of rotatable bonds is 8. The van der Waals surface area contributed by atoms with E-state index in [0.29, 0.717) is 44.9 Å². The number of nitrogens with zero attached hydrogens (tertiary/aromatic N) is 3. The van der Waals surface area contributed by atoms with Crippen LogP contribution in [0.1, 0.15) is 57.7 Å². The fourth-order valence-electron chi connectivity index (χ4n) is 5.44. The van der Waals surface area contributed by atoms with Crippen molar-refractivity contribution in [2.24, 2.45) is 0 Å². The van der Waals surface area contributed by atoms with Crippen molar-refractivity contribution in [1.82, 2.24) is 14.7 Å². The second-order valence-electron chi connectivity index (χ2n) is 10.2. The van der Waals surface area contributed by atoms with Crippen LogP contribution >= 0.6 is 11.3 Å². The van der Waals surface area contributed by atoms with Crippen LogP contribution in [0.3, 0.4) is 0 Å². The third kappa shape index (κ3) is 5.79.